The van der Waals surface area contributed by atoms with E-state index in [1.54, 1.807) is 0 Å². The van der Waals surface area contributed by atoms with Crippen molar-refractivity contribution in [2.24, 2.45) is 0 Å². The minimum atomic E-state index is 0.862. The smallest absolute Gasteiger partial charge is 0.0126 e. The van der Waals surface area contributed by atoms with Gasteiger partial charge in [-0.2, -0.15) is 0 Å². The lowest BCUT2D eigenvalue weighted by molar-refractivity contribution is 1.46. The van der Waals surface area contributed by atoms with Gasteiger partial charge in [-0.25, -0.2) is 0 Å². The van der Waals surface area contributed by atoms with Gasteiger partial charge in [-0.1, -0.05) is 12.1 Å². The number of fused-ring (bicyclic) bond motifs is 1. The molecule has 0 aliphatic heterocycles. The van der Waals surface area contributed by atoms with Gasteiger partial charge in [-0.05, 0) is 29.0 Å². The zero-order valence-corrected chi connectivity index (χ0v) is 8.07. The molecule has 0 nitrogen and oxygen atoms in total. The van der Waals surface area contributed by atoms with Gasteiger partial charge in [0.15, 0.2) is 0 Å². The van der Waals surface area contributed by atoms with Crippen LogP contribution in [0.3, 0.4) is 0 Å². The summed E-state index contributed by atoms with van der Waals surface area (Å²) in [5.41, 5.74) is 0. The first-order chi connectivity index (χ1) is 5.75. The van der Waals surface area contributed by atoms with E-state index in [0.29, 0.717) is 0 Å². The lowest BCUT2D eigenvalue weighted by Gasteiger charge is -1.98. The minimum Gasteiger partial charge on any atom is -0.143 e. The summed E-state index contributed by atoms with van der Waals surface area (Å²) in [6.07, 6.45) is 0. The summed E-state index contributed by atoms with van der Waals surface area (Å²) in [7, 11) is 0. The SMILES string of the molecule is Sc1[c]c2cc(S)ccc2cc1. The van der Waals surface area contributed by atoms with Crippen molar-refractivity contribution < 1.29 is 0 Å². The lowest BCUT2D eigenvalue weighted by Crippen LogP contribution is -1.73. The van der Waals surface area contributed by atoms with E-state index in [-0.39, 0.29) is 0 Å². The molecule has 0 heterocycles. The van der Waals surface area contributed by atoms with Crippen molar-refractivity contribution in [2.45, 2.75) is 9.79 Å². The van der Waals surface area contributed by atoms with Crippen molar-refractivity contribution >= 4 is 36.0 Å². The first kappa shape index (κ1) is 8.02. The molecule has 2 heteroatoms. The topological polar surface area (TPSA) is 0 Å². The van der Waals surface area contributed by atoms with E-state index in [9.17, 15) is 0 Å². The molecule has 59 valence electrons. The lowest BCUT2D eigenvalue weighted by atomic mass is 10.1. The van der Waals surface area contributed by atoms with Gasteiger partial charge in [0, 0.05) is 15.9 Å². The average Bonchev–Trinajstić information content (AvgIpc) is 2.03. The van der Waals surface area contributed by atoms with Crippen LogP contribution in [0.5, 0.6) is 0 Å². The summed E-state index contributed by atoms with van der Waals surface area (Å²) in [5, 5.41) is 2.24. The standard InChI is InChI=1S/C10H7S2/c11-9-3-1-7-2-4-10(12)6-8(7)5-9/h1-5,11-12H. The average molecular weight is 191 g/mol. The van der Waals surface area contributed by atoms with E-state index in [0.717, 1.165) is 15.2 Å². The zero-order valence-electron chi connectivity index (χ0n) is 6.28. The number of rotatable bonds is 0. The van der Waals surface area contributed by atoms with Crippen molar-refractivity contribution in [1.82, 2.24) is 0 Å². The highest BCUT2D eigenvalue weighted by atomic mass is 32.1. The molecule has 0 aliphatic rings. The normalized spacial score (nSPS) is 10.5. The Hall–Kier alpha value is -0.600. The second-order valence-electron chi connectivity index (χ2n) is 2.62. The Morgan fingerprint density at radius 1 is 1.00 bits per heavy atom. The molecule has 0 aliphatic carbocycles. The molecule has 2 aromatic rings. The fraction of sp³-hybridized carbons (Fsp3) is 0. The predicted octanol–water partition coefficient (Wildman–Crippen LogP) is 3.22. The molecule has 0 bridgehead atoms. The van der Waals surface area contributed by atoms with Gasteiger partial charge in [0.1, 0.15) is 0 Å². The van der Waals surface area contributed by atoms with Crippen LogP contribution < -0.4 is 0 Å². The summed E-state index contributed by atoms with van der Waals surface area (Å²) >= 11 is 8.46. The predicted molar refractivity (Wildman–Crippen MR) is 57.3 cm³/mol. The molecule has 0 amide bonds. The van der Waals surface area contributed by atoms with Crippen molar-refractivity contribution in [3.8, 4) is 0 Å². The van der Waals surface area contributed by atoms with Crippen LogP contribution in [0.4, 0.5) is 0 Å². The van der Waals surface area contributed by atoms with Crippen molar-refractivity contribution in [2.75, 3.05) is 0 Å². The van der Waals surface area contributed by atoms with Crippen LogP contribution in [0.15, 0.2) is 40.1 Å². The maximum absolute atomic E-state index is 4.25. The molecule has 2 aromatic carbocycles. The van der Waals surface area contributed by atoms with Gasteiger partial charge in [0.25, 0.3) is 0 Å². The first-order valence-electron chi connectivity index (χ1n) is 3.60. The fourth-order valence-electron chi connectivity index (χ4n) is 1.15. The molecule has 12 heavy (non-hydrogen) atoms. The second kappa shape index (κ2) is 3.04. The molecule has 0 atom stereocenters. The van der Waals surface area contributed by atoms with Crippen LogP contribution in [0.2, 0.25) is 0 Å². The van der Waals surface area contributed by atoms with E-state index in [1.165, 1.54) is 5.39 Å². The largest absolute Gasteiger partial charge is 0.143 e. The van der Waals surface area contributed by atoms with Gasteiger partial charge < -0.3 is 0 Å². The van der Waals surface area contributed by atoms with E-state index >= 15 is 0 Å². The summed E-state index contributed by atoms with van der Waals surface area (Å²) < 4.78 is 0. The minimum absolute atomic E-state index is 0.862. The van der Waals surface area contributed by atoms with Gasteiger partial charge in [0.05, 0.1) is 0 Å². The van der Waals surface area contributed by atoms with Crippen LogP contribution in [0.1, 0.15) is 0 Å². The third-order valence-corrected chi connectivity index (χ3v) is 2.26. The Morgan fingerprint density at radius 2 is 1.75 bits per heavy atom. The Morgan fingerprint density at radius 3 is 2.58 bits per heavy atom. The Kier molecular flexibility index (Phi) is 2.03. The molecule has 2 rings (SSSR count). The zero-order chi connectivity index (χ0) is 8.55. The maximum Gasteiger partial charge on any atom is 0.0126 e. The van der Waals surface area contributed by atoms with Crippen LogP contribution in [0.25, 0.3) is 10.8 Å². The Bertz CT molecular complexity index is 384. The first-order valence-corrected chi connectivity index (χ1v) is 4.49. The van der Waals surface area contributed by atoms with Crippen LogP contribution in [0, 0.1) is 6.07 Å². The monoisotopic (exact) mass is 191 g/mol. The van der Waals surface area contributed by atoms with E-state index in [2.05, 4.69) is 31.3 Å². The number of hydrogen-bond acceptors (Lipinski definition) is 2. The highest BCUT2D eigenvalue weighted by Crippen LogP contribution is 2.20. The molecule has 0 unspecified atom stereocenters. The van der Waals surface area contributed by atoms with Gasteiger partial charge in [-0.3, -0.25) is 0 Å². The maximum atomic E-state index is 4.25. The molecule has 0 aromatic heterocycles. The molecule has 0 N–H and O–H groups in total. The Labute approximate surface area is 82.4 Å². The number of hydrogen-bond donors (Lipinski definition) is 2. The summed E-state index contributed by atoms with van der Waals surface area (Å²) in [4.78, 5) is 1.82. The van der Waals surface area contributed by atoms with Gasteiger partial charge in [0.2, 0.25) is 0 Å². The van der Waals surface area contributed by atoms with Crippen molar-refractivity contribution in [3.63, 3.8) is 0 Å². The third kappa shape index (κ3) is 1.45. The third-order valence-electron chi connectivity index (χ3n) is 1.72. The summed E-state index contributed by atoms with van der Waals surface area (Å²) in [6.45, 7) is 0. The van der Waals surface area contributed by atoms with Crippen molar-refractivity contribution in [3.05, 3.63) is 36.4 Å². The van der Waals surface area contributed by atoms with E-state index in [1.807, 2.05) is 30.3 Å². The van der Waals surface area contributed by atoms with Crippen LogP contribution in [-0.2, 0) is 0 Å². The van der Waals surface area contributed by atoms with Crippen LogP contribution >= 0.6 is 25.3 Å². The molecular formula is C10H7S2. The summed E-state index contributed by atoms with van der Waals surface area (Å²) in [6, 6.07) is 13.1. The second-order valence-corrected chi connectivity index (χ2v) is 3.61. The van der Waals surface area contributed by atoms with Crippen molar-refractivity contribution in [1.29, 1.82) is 0 Å². The molecule has 0 fully saturated rings. The molecule has 1 radical (unpaired) electrons. The highest BCUT2D eigenvalue weighted by molar-refractivity contribution is 7.80. The number of benzene rings is 2. The van der Waals surface area contributed by atoms with Gasteiger partial charge >= 0.3 is 0 Å². The number of thiol groups is 2. The molecule has 0 saturated heterocycles. The quantitative estimate of drug-likeness (QED) is 0.587. The summed E-state index contributed by atoms with van der Waals surface area (Å²) in [5.74, 6) is 0. The van der Waals surface area contributed by atoms with Gasteiger partial charge in [-0.15, -0.1) is 25.3 Å². The highest BCUT2D eigenvalue weighted by Gasteiger charge is 1.94. The van der Waals surface area contributed by atoms with E-state index in [4.69, 9.17) is 0 Å². The molecule has 0 spiro atoms. The van der Waals surface area contributed by atoms with E-state index < -0.39 is 0 Å². The fourth-order valence-corrected chi connectivity index (χ4v) is 1.54. The Balaban J connectivity index is 2.80. The molecule has 0 saturated carbocycles. The molecular weight excluding hydrogens is 184 g/mol. The van der Waals surface area contributed by atoms with Crippen LogP contribution in [-0.4, -0.2) is 0 Å².